The van der Waals surface area contributed by atoms with Crippen LogP contribution in [0.1, 0.15) is 0 Å². The van der Waals surface area contributed by atoms with Crippen LogP contribution in [-0.2, 0) is 4.79 Å². The van der Waals surface area contributed by atoms with E-state index in [1.807, 2.05) is 0 Å². The number of ether oxygens (including phenoxy) is 1. The molecule has 0 aromatic heterocycles. The summed E-state index contributed by atoms with van der Waals surface area (Å²) in [6, 6.07) is 10.2. The van der Waals surface area contributed by atoms with E-state index in [4.69, 9.17) is 27.9 Å². The van der Waals surface area contributed by atoms with Crippen molar-refractivity contribution in [1.82, 2.24) is 0 Å². The lowest BCUT2D eigenvalue weighted by Crippen LogP contribution is -2.20. The van der Waals surface area contributed by atoms with Gasteiger partial charge in [0.1, 0.15) is 11.6 Å². The van der Waals surface area contributed by atoms with Crippen molar-refractivity contribution in [2.24, 2.45) is 0 Å². The van der Waals surface area contributed by atoms with E-state index in [-0.39, 0.29) is 12.4 Å². The van der Waals surface area contributed by atoms with Gasteiger partial charge in [0.15, 0.2) is 6.61 Å². The monoisotopic (exact) mass is 313 g/mol. The van der Waals surface area contributed by atoms with Gasteiger partial charge in [0.25, 0.3) is 5.91 Å². The third-order valence-electron chi connectivity index (χ3n) is 2.31. The first kappa shape index (κ1) is 14.6. The average Bonchev–Trinajstić information content (AvgIpc) is 2.35. The number of benzene rings is 2. The lowest BCUT2D eigenvalue weighted by Gasteiger charge is -2.08. The number of hydrogen-bond acceptors (Lipinski definition) is 2. The molecule has 104 valence electrons. The normalized spacial score (nSPS) is 10.2. The minimum absolute atomic E-state index is 0.242. The van der Waals surface area contributed by atoms with Crippen LogP contribution in [0, 0.1) is 5.82 Å². The van der Waals surface area contributed by atoms with Crippen molar-refractivity contribution in [3.05, 3.63) is 58.3 Å². The maximum absolute atomic E-state index is 12.9. The SMILES string of the molecule is O=C(COc1cccc(F)c1)Nc1cc(Cl)cc(Cl)c1. The first-order valence-electron chi connectivity index (χ1n) is 5.67. The Hall–Kier alpha value is -1.78. The van der Waals surface area contributed by atoms with Crippen molar-refractivity contribution in [3.63, 3.8) is 0 Å². The Bertz CT molecular complexity index is 614. The molecule has 1 N–H and O–H groups in total. The summed E-state index contributed by atoms with van der Waals surface area (Å²) in [5.41, 5.74) is 0.468. The van der Waals surface area contributed by atoms with E-state index in [0.29, 0.717) is 15.7 Å². The quantitative estimate of drug-likeness (QED) is 0.920. The molecule has 6 heteroatoms. The Balaban J connectivity index is 1.92. The lowest BCUT2D eigenvalue weighted by atomic mass is 10.3. The molecule has 0 aliphatic carbocycles. The summed E-state index contributed by atoms with van der Waals surface area (Å²) >= 11 is 11.6. The highest BCUT2D eigenvalue weighted by molar-refractivity contribution is 6.35. The summed E-state index contributed by atoms with van der Waals surface area (Å²) in [6.07, 6.45) is 0. The van der Waals surface area contributed by atoms with E-state index >= 15 is 0 Å². The molecule has 0 saturated carbocycles. The second-order valence-corrected chi connectivity index (χ2v) is 4.83. The van der Waals surface area contributed by atoms with Gasteiger partial charge in [-0.1, -0.05) is 29.3 Å². The minimum atomic E-state index is -0.426. The second kappa shape index (κ2) is 6.59. The molecule has 0 spiro atoms. The Kier molecular flexibility index (Phi) is 4.82. The standard InChI is InChI=1S/C14H10Cl2FNO2/c15-9-4-10(16)6-12(5-9)18-14(19)8-20-13-3-1-2-11(17)7-13/h1-7H,8H2,(H,18,19). The van der Waals surface area contributed by atoms with Gasteiger partial charge in [-0.2, -0.15) is 0 Å². The van der Waals surface area contributed by atoms with Gasteiger partial charge in [-0.25, -0.2) is 4.39 Å². The van der Waals surface area contributed by atoms with E-state index in [1.54, 1.807) is 24.3 Å². The number of carbonyl (C=O) groups is 1. The third-order valence-corrected chi connectivity index (χ3v) is 2.75. The van der Waals surface area contributed by atoms with E-state index in [9.17, 15) is 9.18 Å². The van der Waals surface area contributed by atoms with Gasteiger partial charge < -0.3 is 10.1 Å². The molecule has 0 saturated heterocycles. The highest BCUT2D eigenvalue weighted by Gasteiger charge is 2.06. The smallest absolute Gasteiger partial charge is 0.262 e. The molecule has 0 unspecified atom stereocenters. The van der Waals surface area contributed by atoms with Crippen LogP contribution in [0.4, 0.5) is 10.1 Å². The van der Waals surface area contributed by atoms with Gasteiger partial charge in [0, 0.05) is 21.8 Å². The van der Waals surface area contributed by atoms with Crippen LogP contribution >= 0.6 is 23.2 Å². The lowest BCUT2D eigenvalue weighted by molar-refractivity contribution is -0.118. The topological polar surface area (TPSA) is 38.3 Å². The van der Waals surface area contributed by atoms with Gasteiger partial charge in [-0.15, -0.1) is 0 Å². The predicted molar refractivity (Wildman–Crippen MR) is 77.0 cm³/mol. The predicted octanol–water partition coefficient (Wildman–Crippen LogP) is 4.15. The molecule has 2 aromatic rings. The number of carbonyl (C=O) groups excluding carboxylic acids is 1. The molecule has 0 bridgehead atoms. The van der Waals surface area contributed by atoms with Crippen LogP contribution in [0.3, 0.4) is 0 Å². The molecule has 2 aromatic carbocycles. The van der Waals surface area contributed by atoms with Crippen molar-refractivity contribution in [2.75, 3.05) is 11.9 Å². The third kappa shape index (κ3) is 4.40. The van der Waals surface area contributed by atoms with Crippen LogP contribution in [0.25, 0.3) is 0 Å². The van der Waals surface area contributed by atoms with Crippen molar-refractivity contribution in [2.45, 2.75) is 0 Å². The second-order valence-electron chi connectivity index (χ2n) is 3.95. The zero-order valence-electron chi connectivity index (χ0n) is 10.2. The van der Waals surface area contributed by atoms with Gasteiger partial charge in [-0.3, -0.25) is 4.79 Å². The molecule has 2 rings (SSSR count). The summed E-state index contributed by atoms with van der Waals surface area (Å²) in [5, 5.41) is 3.41. The molecule has 20 heavy (non-hydrogen) atoms. The fourth-order valence-corrected chi connectivity index (χ4v) is 2.05. The molecule has 3 nitrogen and oxygen atoms in total. The number of anilines is 1. The van der Waals surface area contributed by atoms with E-state index in [0.717, 1.165) is 0 Å². The largest absolute Gasteiger partial charge is 0.484 e. The van der Waals surface area contributed by atoms with Gasteiger partial charge >= 0.3 is 0 Å². The minimum Gasteiger partial charge on any atom is -0.484 e. The highest BCUT2D eigenvalue weighted by Crippen LogP contribution is 2.22. The van der Waals surface area contributed by atoms with Crippen molar-refractivity contribution in [3.8, 4) is 5.75 Å². The van der Waals surface area contributed by atoms with E-state index in [1.165, 1.54) is 18.2 Å². The fraction of sp³-hybridized carbons (Fsp3) is 0.0714. The summed E-state index contributed by atoms with van der Waals surface area (Å²) < 4.78 is 18.1. The molecule has 0 heterocycles. The molecule has 0 radical (unpaired) electrons. The summed E-state index contributed by atoms with van der Waals surface area (Å²) in [4.78, 5) is 11.7. The molecular formula is C14H10Cl2FNO2. The number of rotatable bonds is 4. The Morgan fingerprint density at radius 3 is 2.50 bits per heavy atom. The van der Waals surface area contributed by atoms with Crippen molar-refractivity contribution in [1.29, 1.82) is 0 Å². The molecule has 1 amide bonds. The van der Waals surface area contributed by atoms with Crippen LogP contribution in [0.5, 0.6) is 5.75 Å². The number of amides is 1. The molecule has 0 fully saturated rings. The summed E-state index contributed by atoms with van der Waals surface area (Å²) in [5.74, 6) is -0.540. The molecule has 0 atom stereocenters. The van der Waals surface area contributed by atoms with Gasteiger partial charge in [-0.05, 0) is 30.3 Å². The fourth-order valence-electron chi connectivity index (χ4n) is 1.53. The van der Waals surface area contributed by atoms with Gasteiger partial charge in [0.2, 0.25) is 0 Å². The van der Waals surface area contributed by atoms with Crippen LogP contribution < -0.4 is 10.1 Å². The van der Waals surface area contributed by atoms with Crippen LogP contribution in [0.2, 0.25) is 10.0 Å². The zero-order chi connectivity index (χ0) is 14.5. The van der Waals surface area contributed by atoms with E-state index in [2.05, 4.69) is 5.32 Å². The molecule has 0 aliphatic rings. The highest BCUT2D eigenvalue weighted by atomic mass is 35.5. The van der Waals surface area contributed by atoms with Crippen LogP contribution in [-0.4, -0.2) is 12.5 Å². The first-order valence-corrected chi connectivity index (χ1v) is 6.43. The summed E-state index contributed by atoms with van der Waals surface area (Å²) in [7, 11) is 0. The number of nitrogens with one attached hydrogen (secondary N) is 1. The van der Waals surface area contributed by atoms with Gasteiger partial charge in [0.05, 0.1) is 0 Å². The maximum atomic E-state index is 12.9. The number of hydrogen-bond donors (Lipinski definition) is 1. The Morgan fingerprint density at radius 1 is 1.15 bits per heavy atom. The number of halogens is 3. The van der Waals surface area contributed by atoms with Crippen LogP contribution in [0.15, 0.2) is 42.5 Å². The molecular weight excluding hydrogens is 304 g/mol. The summed E-state index contributed by atoms with van der Waals surface area (Å²) in [6.45, 7) is -0.242. The van der Waals surface area contributed by atoms with Crippen molar-refractivity contribution < 1.29 is 13.9 Å². The zero-order valence-corrected chi connectivity index (χ0v) is 11.7. The average molecular weight is 314 g/mol. The Morgan fingerprint density at radius 2 is 1.85 bits per heavy atom. The Labute approximate surface area is 125 Å². The van der Waals surface area contributed by atoms with Crippen molar-refractivity contribution >= 4 is 34.8 Å². The maximum Gasteiger partial charge on any atom is 0.262 e. The first-order chi connectivity index (χ1) is 9.52. The molecule has 0 aliphatic heterocycles. The van der Waals surface area contributed by atoms with E-state index < -0.39 is 11.7 Å².